The van der Waals surface area contributed by atoms with E-state index in [1.54, 1.807) is 33.4 Å². The number of nitrogens with one attached hydrogen (secondary N) is 2. The van der Waals surface area contributed by atoms with Crippen LogP contribution in [0.15, 0.2) is 30.3 Å². The fourth-order valence-electron chi connectivity index (χ4n) is 2.21. The van der Waals surface area contributed by atoms with Crippen LogP contribution in [0.3, 0.4) is 0 Å². The van der Waals surface area contributed by atoms with Crippen LogP contribution in [0.1, 0.15) is 26.3 Å². The van der Waals surface area contributed by atoms with Gasteiger partial charge in [-0.1, -0.05) is 23.2 Å². The minimum atomic E-state index is -4.13. The molecule has 0 unspecified atom stereocenters. The summed E-state index contributed by atoms with van der Waals surface area (Å²) >= 11 is 15.8. The van der Waals surface area contributed by atoms with Gasteiger partial charge in [-0.15, -0.1) is 0 Å². The van der Waals surface area contributed by atoms with Crippen molar-refractivity contribution in [1.82, 2.24) is 9.44 Å². The highest BCUT2D eigenvalue weighted by molar-refractivity contribution is 14.1. The quantitative estimate of drug-likeness (QED) is 0.443. The Kier molecular flexibility index (Phi) is 8.40. The van der Waals surface area contributed by atoms with Crippen LogP contribution in [0.25, 0.3) is 0 Å². The highest BCUT2D eigenvalue weighted by Gasteiger charge is 2.22. The van der Waals surface area contributed by atoms with Gasteiger partial charge in [-0.05, 0) is 81.1 Å². The zero-order valence-electron chi connectivity index (χ0n) is 14.9. The second-order valence-corrected chi connectivity index (χ2v) is 12.6. The van der Waals surface area contributed by atoms with Crippen molar-refractivity contribution in [2.75, 3.05) is 6.26 Å². The Hall–Kier alpha value is -0.680. The largest absolute Gasteiger partial charge is 0.268 e. The predicted octanol–water partition coefficient (Wildman–Crippen LogP) is 3.15. The number of halogens is 4. The highest BCUT2D eigenvalue weighted by atomic mass is 127. The van der Waals surface area contributed by atoms with Crippen LogP contribution < -0.4 is 9.44 Å². The summed E-state index contributed by atoms with van der Waals surface area (Å²) in [7, 11) is -7.93. The summed E-state index contributed by atoms with van der Waals surface area (Å²) in [5.74, 6) is -2.44. The molecule has 0 aliphatic rings. The van der Waals surface area contributed by atoms with Gasteiger partial charge in [0.2, 0.25) is 20.0 Å². The van der Waals surface area contributed by atoms with E-state index in [1.165, 1.54) is 24.3 Å². The number of hydrogen-bond donors (Lipinski definition) is 2. The third-order valence-electron chi connectivity index (χ3n) is 3.43. The summed E-state index contributed by atoms with van der Waals surface area (Å²) in [5.41, 5.74) is 0.0778. The molecule has 0 saturated heterocycles. The molecule has 0 spiro atoms. The molecular weight excluding hydrogens is 705 g/mol. The zero-order valence-corrected chi connectivity index (χ0v) is 22.3. The Labute approximate surface area is 210 Å². The summed E-state index contributed by atoms with van der Waals surface area (Å²) in [5, 5.41) is -0.0396. The third-order valence-corrected chi connectivity index (χ3v) is 7.47. The Morgan fingerprint density at radius 1 is 0.900 bits per heavy atom. The van der Waals surface area contributed by atoms with Crippen LogP contribution >= 0.6 is 68.4 Å². The van der Waals surface area contributed by atoms with Gasteiger partial charge in [0.1, 0.15) is 0 Å². The lowest BCUT2D eigenvalue weighted by Crippen LogP contribution is -2.32. The molecule has 162 valence electrons. The number of amides is 2. The van der Waals surface area contributed by atoms with Gasteiger partial charge < -0.3 is 0 Å². The van der Waals surface area contributed by atoms with Crippen LogP contribution in [0.2, 0.25) is 10.0 Å². The summed E-state index contributed by atoms with van der Waals surface area (Å²) in [6.07, 6.45) is 0.813. The maximum Gasteiger partial charge on any atom is 0.266 e. The molecule has 0 aromatic heterocycles. The van der Waals surface area contributed by atoms with Gasteiger partial charge in [-0.3, -0.25) is 9.59 Å². The van der Waals surface area contributed by atoms with Crippen molar-refractivity contribution in [2.24, 2.45) is 0 Å². The van der Waals surface area contributed by atoms with E-state index in [9.17, 15) is 26.4 Å². The normalized spacial score (nSPS) is 11.8. The van der Waals surface area contributed by atoms with Crippen LogP contribution in [0.5, 0.6) is 0 Å². The molecular formula is C16H12Cl2I2N2O6S2. The number of benzene rings is 2. The van der Waals surface area contributed by atoms with E-state index in [0.29, 0.717) is 3.57 Å². The second kappa shape index (κ2) is 9.85. The van der Waals surface area contributed by atoms with Crippen molar-refractivity contribution in [3.63, 3.8) is 0 Å². The van der Waals surface area contributed by atoms with Crippen molar-refractivity contribution in [3.8, 4) is 0 Å². The Morgan fingerprint density at radius 2 is 1.47 bits per heavy atom. The fourth-order valence-corrected chi connectivity index (χ4v) is 5.90. The molecule has 0 radical (unpaired) electrons. The third kappa shape index (κ3) is 7.19. The Bertz CT molecular complexity index is 1250. The first-order chi connectivity index (χ1) is 13.7. The standard InChI is InChI=1S/C16H12Cl2I2N2O6S2/c1-29(25,26)21-16(24)11-6-14(20)8(4-12(11)17)7-30(27,28)22-15(23)10-3-2-9(19)5-13(10)18/h2-6H,7H2,1H3,(H,21,24)(H,22,23). The van der Waals surface area contributed by atoms with Crippen molar-refractivity contribution in [1.29, 1.82) is 0 Å². The van der Waals surface area contributed by atoms with E-state index in [2.05, 4.69) is 0 Å². The molecule has 0 aliphatic carbocycles. The van der Waals surface area contributed by atoms with Gasteiger partial charge >= 0.3 is 0 Å². The van der Waals surface area contributed by atoms with Crippen LogP contribution in [0.4, 0.5) is 0 Å². The van der Waals surface area contributed by atoms with Crippen LogP contribution in [-0.2, 0) is 25.8 Å². The van der Waals surface area contributed by atoms with Gasteiger partial charge in [-0.2, -0.15) is 0 Å². The number of hydrogen-bond acceptors (Lipinski definition) is 6. The van der Waals surface area contributed by atoms with Crippen molar-refractivity contribution < 1.29 is 26.4 Å². The predicted molar refractivity (Wildman–Crippen MR) is 131 cm³/mol. The van der Waals surface area contributed by atoms with Gasteiger partial charge in [0, 0.05) is 7.14 Å². The maximum atomic E-state index is 12.5. The lowest BCUT2D eigenvalue weighted by Gasteiger charge is -2.12. The first kappa shape index (κ1) is 25.6. The molecule has 0 atom stereocenters. The molecule has 0 aliphatic heterocycles. The van der Waals surface area contributed by atoms with E-state index in [4.69, 9.17) is 23.2 Å². The molecule has 0 fully saturated rings. The molecule has 2 rings (SSSR count). The minimum absolute atomic E-state index is 0.00109. The molecule has 8 nitrogen and oxygen atoms in total. The first-order valence-electron chi connectivity index (χ1n) is 7.68. The Morgan fingerprint density at radius 3 is 2.03 bits per heavy atom. The SMILES string of the molecule is CS(=O)(=O)NC(=O)c1cc(I)c(CS(=O)(=O)NC(=O)c2ccc(I)cc2Cl)cc1Cl. The highest BCUT2D eigenvalue weighted by Crippen LogP contribution is 2.25. The lowest BCUT2D eigenvalue weighted by molar-refractivity contribution is 0.0972. The number of carbonyl (C=O) groups excluding carboxylic acids is 2. The number of sulfonamides is 2. The zero-order chi connectivity index (χ0) is 22.9. The van der Waals surface area contributed by atoms with Crippen molar-refractivity contribution in [3.05, 3.63) is 64.2 Å². The monoisotopic (exact) mass is 716 g/mol. The fraction of sp³-hybridized carbons (Fsp3) is 0.125. The van der Waals surface area contributed by atoms with E-state index in [0.717, 1.165) is 9.83 Å². The second-order valence-electron chi connectivity index (χ2n) is 5.94. The lowest BCUT2D eigenvalue weighted by atomic mass is 10.1. The van der Waals surface area contributed by atoms with E-state index < -0.39 is 37.6 Å². The smallest absolute Gasteiger partial charge is 0.266 e. The molecule has 0 bridgehead atoms. The van der Waals surface area contributed by atoms with E-state index >= 15 is 0 Å². The number of carbonyl (C=O) groups is 2. The summed E-state index contributed by atoms with van der Waals surface area (Å²) in [4.78, 5) is 24.3. The molecule has 2 amide bonds. The molecule has 2 N–H and O–H groups in total. The summed E-state index contributed by atoms with van der Waals surface area (Å²) in [6.45, 7) is 0. The van der Waals surface area contributed by atoms with Crippen molar-refractivity contribution >= 4 is 100 Å². The van der Waals surface area contributed by atoms with E-state index in [-0.39, 0.29) is 26.7 Å². The van der Waals surface area contributed by atoms with Gasteiger partial charge in [0.25, 0.3) is 11.8 Å². The maximum absolute atomic E-state index is 12.5. The summed E-state index contributed by atoms with van der Waals surface area (Å²) < 4.78 is 52.2. The average molecular weight is 717 g/mol. The molecule has 0 heterocycles. The molecule has 30 heavy (non-hydrogen) atoms. The minimum Gasteiger partial charge on any atom is -0.268 e. The molecule has 0 saturated carbocycles. The molecule has 14 heteroatoms. The summed E-state index contributed by atoms with van der Waals surface area (Å²) in [6, 6.07) is 7.02. The van der Waals surface area contributed by atoms with Gasteiger partial charge in [-0.25, -0.2) is 26.3 Å². The molecule has 2 aromatic rings. The first-order valence-corrected chi connectivity index (χ1v) is 14.1. The average Bonchev–Trinajstić information content (AvgIpc) is 2.55. The van der Waals surface area contributed by atoms with Gasteiger partial charge in [0.05, 0.1) is 33.2 Å². The molecule has 2 aromatic carbocycles. The topological polar surface area (TPSA) is 126 Å². The Balaban J connectivity index is 2.25. The van der Waals surface area contributed by atoms with Gasteiger partial charge in [0.15, 0.2) is 0 Å². The van der Waals surface area contributed by atoms with Crippen molar-refractivity contribution in [2.45, 2.75) is 5.75 Å². The van der Waals surface area contributed by atoms with E-state index in [1.807, 2.05) is 27.3 Å². The number of rotatable bonds is 6. The van der Waals surface area contributed by atoms with Crippen LogP contribution in [0, 0.1) is 7.14 Å². The van der Waals surface area contributed by atoms with Crippen LogP contribution in [-0.4, -0.2) is 34.9 Å².